The van der Waals surface area contributed by atoms with E-state index in [-0.39, 0.29) is 6.54 Å². The second-order valence-electron chi connectivity index (χ2n) is 10.4. The standard InChI is InChI=1S/C27H41N5O3/c1-27(2,3)35-26(34)29-32(20-25(33)24(28)18-21-8-6-5-7-9-21)19-22-10-12-23(13-11-22)31-16-14-30(4)15-17-31/h5-13,24-25,33H,14-20,28H2,1-4H3,(H,29,34). The highest BCUT2D eigenvalue weighted by Crippen LogP contribution is 2.18. The van der Waals surface area contributed by atoms with Gasteiger partial charge in [-0.05, 0) is 57.5 Å². The number of hydrogen-bond donors (Lipinski definition) is 3. The maximum Gasteiger partial charge on any atom is 0.422 e. The molecule has 2 unspecified atom stereocenters. The summed E-state index contributed by atoms with van der Waals surface area (Å²) in [6.45, 7) is 10.2. The highest BCUT2D eigenvalue weighted by Gasteiger charge is 2.23. The minimum absolute atomic E-state index is 0.174. The third-order valence-corrected chi connectivity index (χ3v) is 6.04. The SMILES string of the molecule is CN1CCN(c2ccc(CN(CC(O)C(N)Cc3ccccc3)NC(=O)OC(C)(C)C)cc2)CC1. The van der Waals surface area contributed by atoms with Crippen LogP contribution in [0, 0.1) is 0 Å². The molecule has 2 atom stereocenters. The number of nitrogens with two attached hydrogens (primary N) is 1. The molecule has 1 aliphatic rings. The predicted octanol–water partition coefficient (Wildman–Crippen LogP) is 2.61. The number of ether oxygens (including phenoxy) is 1. The molecule has 8 nitrogen and oxygen atoms in total. The largest absolute Gasteiger partial charge is 0.443 e. The molecule has 4 N–H and O–H groups in total. The Bertz CT molecular complexity index is 909. The Hall–Kier alpha value is -2.65. The number of rotatable bonds is 9. The number of hydrogen-bond acceptors (Lipinski definition) is 7. The molecule has 3 rings (SSSR count). The summed E-state index contributed by atoms with van der Waals surface area (Å²) in [7, 11) is 2.15. The third-order valence-electron chi connectivity index (χ3n) is 6.04. The number of benzene rings is 2. The average molecular weight is 484 g/mol. The number of carbonyl (C=O) groups excluding carboxylic acids is 1. The Morgan fingerprint density at radius 2 is 1.69 bits per heavy atom. The van der Waals surface area contributed by atoms with E-state index in [1.807, 2.05) is 51.1 Å². The maximum absolute atomic E-state index is 12.5. The van der Waals surface area contributed by atoms with Gasteiger partial charge in [-0.3, -0.25) is 5.43 Å². The van der Waals surface area contributed by atoms with Crippen LogP contribution in [0.5, 0.6) is 0 Å². The number of aliphatic hydroxyl groups is 1. The number of hydrazine groups is 1. The van der Waals surface area contributed by atoms with Crippen LogP contribution in [-0.2, 0) is 17.7 Å². The highest BCUT2D eigenvalue weighted by molar-refractivity contribution is 5.67. The number of amides is 1. The Morgan fingerprint density at radius 3 is 2.29 bits per heavy atom. The molecule has 35 heavy (non-hydrogen) atoms. The van der Waals surface area contributed by atoms with Gasteiger partial charge in [0.05, 0.1) is 6.10 Å². The summed E-state index contributed by atoms with van der Waals surface area (Å²) in [6, 6.07) is 17.7. The van der Waals surface area contributed by atoms with Gasteiger partial charge in [0.15, 0.2) is 0 Å². The van der Waals surface area contributed by atoms with Gasteiger partial charge in [0.25, 0.3) is 0 Å². The van der Waals surface area contributed by atoms with Crippen LogP contribution in [0.4, 0.5) is 10.5 Å². The topological polar surface area (TPSA) is 94.3 Å². The van der Waals surface area contributed by atoms with Gasteiger partial charge in [0.1, 0.15) is 5.60 Å². The monoisotopic (exact) mass is 483 g/mol. The number of nitrogens with zero attached hydrogens (tertiary/aromatic N) is 3. The van der Waals surface area contributed by atoms with Crippen molar-refractivity contribution >= 4 is 11.8 Å². The summed E-state index contributed by atoms with van der Waals surface area (Å²) in [5.41, 5.74) is 11.7. The second-order valence-corrected chi connectivity index (χ2v) is 10.4. The summed E-state index contributed by atoms with van der Waals surface area (Å²) >= 11 is 0. The Labute approximate surface area is 209 Å². The van der Waals surface area contributed by atoms with Crippen molar-refractivity contribution in [3.63, 3.8) is 0 Å². The molecule has 8 heteroatoms. The Morgan fingerprint density at radius 1 is 1.06 bits per heavy atom. The minimum atomic E-state index is -0.838. The number of anilines is 1. The van der Waals surface area contributed by atoms with Gasteiger partial charge in [-0.25, -0.2) is 9.80 Å². The van der Waals surface area contributed by atoms with Crippen molar-refractivity contribution in [2.45, 2.75) is 51.5 Å². The molecule has 192 valence electrons. The summed E-state index contributed by atoms with van der Waals surface area (Å²) in [6.07, 6.45) is -0.854. The minimum Gasteiger partial charge on any atom is -0.443 e. The van der Waals surface area contributed by atoms with E-state index in [0.29, 0.717) is 13.0 Å². The van der Waals surface area contributed by atoms with E-state index >= 15 is 0 Å². The lowest BCUT2D eigenvalue weighted by molar-refractivity contribution is 0.0171. The van der Waals surface area contributed by atoms with Crippen molar-refractivity contribution in [1.82, 2.24) is 15.3 Å². The van der Waals surface area contributed by atoms with Crippen LogP contribution < -0.4 is 16.1 Å². The third kappa shape index (κ3) is 9.14. The summed E-state index contributed by atoms with van der Waals surface area (Å²) in [4.78, 5) is 17.2. The fourth-order valence-electron chi connectivity index (χ4n) is 4.06. The van der Waals surface area contributed by atoms with Crippen molar-refractivity contribution in [2.75, 3.05) is 44.7 Å². The molecule has 1 amide bonds. The van der Waals surface area contributed by atoms with E-state index in [2.05, 4.69) is 46.5 Å². The second kappa shape index (κ2) is 12.4. The molecule has 1 heterocycles. The first-order valence-electron chi connectivity index (χ1n) is 12.3. The summed E-state index contributed by atoms with van der Waals surface area (Å²) in [5.74, 6) is 0. The Balaban J connectivity index is 1.64. The van der Waals surface area contributed by atoms with Crippen LogP contribution in [-0.4, -0.2) is 78.6 Å². The number of nitrogens with one attached hydrogen (secondary N) is 1. The van der Waals surface area contributed by atoms with Crippen molar-refractivity contribution < 1.29 is 14.6 Å². The van der Waals surface area contributed by atoms with Crippen LogP contribution in [0.2, 0.25) is 0 Å². The molecule has 0 aliphatic carbocycles. The molecule has 0 aromatic heterocycles. The molecule has 0 bridgehead atoms. The van der Waals surface area contributed by atoms with E-state index in [4.69, 9.17) is 10.5 Å². The van der Waals surface area contributed by atoms with E-state index in [9.17, 15) is 9.90 Å². The number of likely N-dealkylation sites (N-methyl/N-ethyl adjacent to an activating group) is 1. The van der Waals surface area contributed by atoms with E-state index in [1.54, 1.807) is 5.01 Å². The fourth-order valence-corrected chi connectivity index (χ4v) is 4.06. The zero-order valence-electron chi connectivity index (χ0n) is 21.5. The molecule has 1 fully saturated rings. The van der Waals surface area contributed by atoms with Crippen molar-refractivity contribution in [3.8, 4) is 0 Å². The lowest BCUT2D eigenvalue weighted by atomic mass is 10.0. The van der Waals surface area contributed by atoms with Crippen LogP contribution >= 0.6 is 0 Å². The van der Waals surface area contributed by atoms with Crippen molar-refractivity contribution in [3.05, 3.63) is 65.7 Å². The Kier molecular flexibility index (Phi) is 9.51. The van der Waals surface area contributed by atoms with Gasteiger partial charge >= 0.3 is 6.09 Å². The zero-order valence-corrected chi connectivity index (χ0v) is 21.5. The van der Waals surface area contributed by atoms with Crippen molar-refractivity contribution in [1.29, 1.82) is 0 Å². The normalized spacial score (nSPS) is 16.7. The number of aliphatic hydroxyl groups excluding tert-OH is 1. The van der Waals surface area contributed by atoms with E-state index < -0.39 is 23.8 Å². The molecule has 0 saturated carbocycles. The van der Waals surface area contributed by atoms with Gasteiger partial charge in [-0.15, -0.1) is 0 Å². The lowest BCUT2D eigenvalue weighted by Crippen LogP contribution is -2.51. The first kappa shape index (κ1) is 26.9. The molecule has 2 aromatic carbocycles. The van der Waals surface area contributed by atoms with E-state index in [1.165, 1.54) is 5.69 Å². The summed E-state index contributed by atoms with van der Waals surface area (Å²) in [5, 5.41) is 12.5. The quantitative estimate of drug-likeness (QED) is 0.472. The number of carbonyl (C=O) groups is 1. The van der Waals surface area contributed by atoms with Gasteiger partial charge in [0, 0.05) is 51.0 Å². The lowest BCUT2D eigenvalue weighted by Gasteiger charge is -2.34. The van der Waals surface area contributed by atoms with Crippen LogP contribution in [0.25, 0.3) is 0 Å². The zero-order chi connectivity index (χ0) is 25.4. The average Bonchev–Trinajstić information content (AvgIpc) is 2.79. The first-order valence-corrected chi connectivity index (χ1v) is 12.3. The van der Waals surface area contributed by atoms with Gasteiger partial charge in [0.2, 0.25) is 0 Å². The molecule has 0 spiro atoms. The smallest absolute Gasteiger partial charge is 0.422 e. The highest BCUT2D eigenvalue weighted by atomic mass is 16.6. The molecule has 0 radical (unpaired) electrons. The van der Waals surface area contributed by atoms with Gasteiger partial charge < -0.3 is 25.4 Å². The predicted molar refractivity (Wildman–Crippen MR) is 140 cm³/mol. The van der Waals surface area contributed by atoms with Gasteiger partial charge in [-0.2, -0.15) is 0 Å². The molecule has 1 aliphatic heterocycles. The molecule has 1 saturated heterocycles. The molecular formula is C27H41N5O3. The van der Waals surface area contributed by atoms with Gasteiger partial charge in [-0.1, -0.05) is 42.5 Å². The fraction of sp³-hybridized carbons (Fsp3) is 0.519. The maximum atomic E-state index is 12.5. The summed E-state index contributed by atoms with van der Waals surface area (Å²) < 4.78 is 5.44. The van der Waals surface area contributed by atoms with Crippen LogP contribution in [0.15, 0.2) is 54.6 Å². The van der Waals surface area contributed by atoms with Crippen LogP contribution in [0.1, 0.15) is 31.9 Å². The molecule has 2 aromatic rings. The first-order chi connectivity index (χ1) is 16.6. The number of piperazine rings is 1. The van der Waals surface area contributed by atoms with Crippen molar-refractivity contribution in [2.24, 2.45) is 5.73 Å². The molecular weight excluding hydrogens is 442 g/mol. The van der Waals surface area contributed by atoms with Crippen LogP contribution in [0.3, 0.4) is 0 Å². The van der Waals surface area contributed by atoms with E-state index in [0.717, 1.165) is 37.3 Å².